The molecule has 1 aliphatic rings. The lowest BCUT2D eigenvalue weighted by Gasteiger charge is -2.12. The first-order chi connectivity index (χ1) is 15.9. The highest BCUT2D eigenvalue weighted by Crippen LogP contribution is 2.55. The van der Waals surface area contributed by atoms with E-state index >= 15 is 0 Å². The minimum absolute atomic E-state index is 0.0191. The lowest BCUT2D eigenvalue weighted by molar-refractivity contribution is 0.0695. The molecule has 0 amide bonds. The largest absolute Gasteiger partial charge is 0.478 e. The van der Waals surface area contributed by atoms with Crippen LogP contribution in [-0.4, -0.2) is 29.3 Å². The number of anilines is 1. The summed E-state index contributed by atoms with van der Waals surface area (Å²) in [6, 6.07) is 24.9. The number of carboxylic acid groups (broad SMARTS) is 1. The molecule has 0 spiro atoms. The molecule has 2 atom stereocenters. The Morgan fingerprint density at radius 2 is 1.64 bits per heavy atom. The molecule has 0 saturated heterocycles. The van der Waals surface area contributed by atoms with Gasteiger partial charge in [0.15, 0.2) is 0 Å². The van der Waals surface area contributed by atoms with Gasteiger partial charge in [0, 0.05) is 5.92 Å². The first kappa shape index (κ1) is 21.0. The van der Waals surface area contributed by atoms with Gasteiger partial charge in [-0.3, -0.25) is 4.72 Å². The van der Waals surface area contributed by atoms with Gasteiger partial charge in [-0.05, 0) is 48.2 Å². The Morgan fingerprint density at radius 3 is 2.33 bits per heavy atom. The average molecular weight is 460 g/mol. The second-order valence-corrected chi connectivity index (χ2v) is 9.67. The monoisotopic (exact) mass is 459 g/mol. The van der Waals surface area contributed by atoms with E-state index < -0.39 is 16.0 Å². The Hall–Kier alpha value is -3.91. The summed E-state index contributed by atoms with van der Waals surface area (Å²) in [5.74, 6) is -0.791. The van der Waals surface area contributed by atoms with Gasteiger partial charge in [-0.2, -0.15) is 5.10 Å². The number of aromatic nitrogens is 2. The maximum Gasteiger partial charge on any atom is 0.339 e. The molecule has 5 rings (SSSR count). The Bertz CT molecular complexity index is 1420. The van der Waals surface area contributed by atoms with Gasteiger partial charge in [-0.15, -0.1) is 0 Å². The third-order valence-corrected chi connectivity index (χ3v) is 7.20. The van der Waals surface area contributed by atoms with E-state index in [1.807, 2.05) is 30.3 Å². The van der Waals surface area contributed by atoms with Crippen molar-refractivity contribution in [3.8, 4) is 5.69 Å². The lowest BCUT2D eigenvalue weighted by atomic mass is 10.1. The fourth-order valence-electron chi connectivity index (χ4n) is 4.17. The number of aromatic carboxylic acids is 1. The number of sulfonamides is 1. The molecule has 1 aliphatic carbocycles. The molecule has 1 heterocycles. The highest BCUT2D eigenvalue weighted by atomic mass is 32.2. The molecule has 1 fully saturated rings. The summed E-state index contributed by atoms with van der Waals surface area (Å²) < 4.78 is 29.6. The summed E-state index contributed by atoms with van der Waals surface area (Å²) in [6.45, 7) is 0. The molecule has 0 bridgehead atoms. The maximum atomic E-state index is 12.7. The molecule has 7 nitrogen and oxygen atoms in total. The molecule has 0 radical (unpaired) electrons. The Labute approximate surface area is 191 Å². The Balaban J connectivity index is 1.49. The Kier molecular flexibility index (Phi) is 5.22. The van der Waals surface area contributed by atoms with Crippen LogP contribution in [0.4, 0.5) is 5.69 Å². The van der Waals surface area contributed by atoms with Crippen molar-refractivity contribution in [3.63, 3.8) is 0 Å². The number of carboxylic acids is 1. The lowest BCUT2D eigenvalue weighted by Crippen LogP contribution is -2.13. The minimum atomic E-state index is -3.75. The zero-order valence-corrected chi connectivity index (χ0v) is 18.3. The van der Waals surface area contributed by atoms with Crippen LogP contribution in [0.2, 0.25) is 0 Å². The first-order valence-electron chi connectivity index (χ1n) is 10.5. The van der Waals surface area contributed by atoms with Crippen LogP contribution in [0.15, 0.2) is 96.0 Å². The minimum Gasteiger partial charge on any atom is -0.478 e. The van der Waals surface area contributed by atoms with Crippen LogP contribution >= 0.6 is 0 Å². The van der Waals surface area contributed by atoms with Crippen molar-refractivity contribution in [1.82, 2.24) is 9.78 Å². The third-order valence-electron chi connectivity index (χ3n) is 5.80. The van der Waals surface area contributed by atoms with Gasteiger partial charge >= 0.3 is 5.97 Å². The van der Waals surface area contributed by atoms with Gasteiger partial charge in [0.05, 0.1) is 28.2 Å². The zero-order chi connectivity index (χ0) is 23.0. The van der Waals surface area contributed by atoms with Crippen molar-refractivity contribution >= 4 is 21.7 Å². The Morgan fingerprint density at radius 1 is 0.939 bits per heavy atom. The van der Waals surface area contributed by atoms with E-state index in [1.165, 1.54) is 18.3 Å². The highest BCUT2D eigenvalue weighted by molar-refractivity contribution is 7.92. The van der Waals surface area contributed by atoms with Crippen LogP contribution in [-0.2, 0) is 10.0 Å². The predicted octanol–water partition coefficient (Wildman–Crippen LogP) is 4.64. The molecule has 3 aromatic carbocycles. The van der Waals surface area contributed by atoms with Crippen molar-refractivity contribution in [2.24, 2.45) is 0 Å². The maximum absolute atomic E-state index is 12.7. The molecule has 1 saturated carbocycles. The standard InChI is InChI=1S/C25H21N3O4S/c29-25(30)23-16-26-28(24(23)22-15-21(22)17-8-3-1-4-9-17)19-11-7-10-18(14-19)27-33(31,32)20-12-5-2-6-13-20/h1-14,16,21-22,27H,15H2,(H,29,30)/t21-,22+/m1/s1. The number of carbonyl (C=O) groups is 1. The number of benzene rings is 3. The fourth-order valence-corrected chi connectivity index (χ4v) is 5.24. The second-order valence-electron chi connectivity index (χ2n) is 7.99. The van der Waals surface area contributed by atoms with Crippen LogP contribution in [0.3, 0.4) is 0 Å². The second kappa shape index (κ2) is 8.22. The highest BCUT2D eigenvalue weighted by Gasteiger charge is 2.44. The van der Waals surface area contributed by atoms with Gasteiger partial charge < -0.3 is 5.11 Å². The molecule has 0 aliphatic heterocycles. The number of hydrogen-bond donors (Lipinski definition) is 2. The van der Waals surface area contributed by atoms with Crippen LogP contribution in [0, 0.1) is 0 Å². The molecule has 33 heavy (non-hydrogen) atoms. The van der Waals surface area contributed by atoms with Crippen molar-refractivity contribution in [1.29, 1.82) is 0 Å². The fraction of sp³-hybridized carbons (Fsp3) is 0.120. The van der Waals surface area contributed by atoms with Crippen LogP contribution < -0.4 is 4.72 Å². The molecule has 2 N–H and O–H groups in total. The summed E-state index contributed by atoms with van der Waals surface area (Å²) in [6.07, 6.45) is 2.19. The summed E-state index contributed by atoms with van der Waals surface area (Å²) in [7, 11) is -3.75. The smallest absolute Gasteiger partial charge is 0.339 e. The van der Waals surface area contributed by atoms with Crippen molar-refractivity contribution in [3.05, 3.63) is 108 Å². The number of nitrogens with one attached hydrogen (secondary N) is 1. The van der Waals surface area contributed by atoms with Gasteiger partial charge in [0.1, 0.15) is 5.56 Å². The van der Waals surface area contributed by atoms with E-state index in [0.717, 1.165) is 12.0 Å². The summed E-state index contributed by atoms with van der Waals surface area (Å²) in [4.78, 5) is 12.1. The normalized spacial score (nSPS) is 17.5. The SMILES string of the molecule is O=C(O)c1cnn(-c2cccc(NS(=O)(=O)c3ccccc3)c2)c1[C@H]1C[C@@H]1c1ccccc1. The third kappa shape index (κ3) is 4.12. The van der Waals surface area contributed by atoms with E-state index in [0.29, 0.717) is 17.1 Å². The van der Waals surface area contributed by atoms with Gasteiger partial charge in [-0.25, -0.2) is 17.9 Å². The van der Waals surface area contributed by atoms with Gasteiger partial charge in [-0.1, -0.05) is 54.6 Å². The van der Waals surface area contributed by atoms with Crippen LogP contribution in [0.25, 0.3) is 5.69 Å². The molecule has 4 aromatic rings. The van der Waals surface area contributed by atoms with E-state index in [4.69, 9.17) is 0 Å². The topological polar surface area (TPSA) is 101 Å². The summed E-state index contributed by atoms with van der Waals surface area (Å²) >= 11 is 0. The van der Waals surface area contributed by atoms with E-state index in [1.54, 1.807) is 47.1 Å². The molecule has 0 unspecified atom stereocenters. The first-order valence-corrected chi connectivity index (χ1v) is 12.0. The predicted molar refractivity (Wildman–Crippen MR) is 124 cm³/mol. The van der Waals surface area contributed by atoms with E-state index in [-0.39, 0.29) is 22.3 Å². The van der Waals surface area contributed by atoms with Gasteiger partial charge in [0.2, 0.25) is 0 Å². The average Bonchev–Trinajstić information content (AvgIpc) is 3.49. The van der Waals surface area contributed by atoms with Crippen molar-refractivity contribution in [2.75, 3.05) is 4.72 Å². The molecule has 166 valence electrons. The van der Waals surface area contributed by atoms with E-state index in [2.05, 4.69) is 9.82 Å². The quantitative estimate of drug-likeness (QED) is 0.419. The zero-order valence-electron chi connectivity index (χ0n) is 17.5. The summed E-state index contributed by atoms with van der Waals surface area (Å²) in [5, 5.41) is 14.1. The molecular formula is C25H21N3O4S. The van der Waals surface area contributed by atoms with Crippen LogP contribution in [0.1, 0.15) is 39.9 Å². The van der Waals surface area contributed by atoms with E-state index in [9.17, 15) is 18.3 Å². The van der Waals surface area contributed by atoms with Crippen molar-refractivity contribution in [2.45, 2.75) is 23.2 Å². The molecule has 8 heteroatoms. The van der Waals surface area contributed by atoms with Crippen molar-refractivity contribution < 1.29 is 18.3 Å². The van der Waals surface area contributed by atoms with Crippen LogP contribution in [0.5, 0.6) is 0 Å². The molecule has 1 aromatic heterocycles. The van der Waals surface area contributed by atoms with Gasteiger partial charge in [0.25, 0.3) is 10.0 Å². The molecular weight excluding hydrogens is 438 g/mol. The number of rotatable bonds is 7. The number of hydrogen-bond acceptors (Lipinski definition) is 4. The number of nitrogens with zero attached hydrogens (tertiary/aromatic N) is 2. The summed E-state index contributed by atoms with van der Waals surface area (Å²) in [5.41, 5.74) is 2.90.